The zero-order valence-electron chi connectivity index (χ0n) is 24.3. The molecule has 0 saturated carbocycles. The molecule has 0 saturated heterocycles. The van der Waals surface area contributed by atoms with Crippen LogP contribution in [-0.2, 0) is 13.1 Å². The van der Waals surface area contributed by atoms with E-state index in [1.807, 2.05) is 0 Å². The van der Waals surface area contributed by atoms with Crippen LogP contribution in [0.5, 0.6) is 0 Å². The summed E-state index contributed by atoms with van der Waals surface area (Å²) in [6.45, 7) is 5.96. The molecule has 0 aliphatic rings. The second-order valence-electron chi connectivity index (χ2n) is 10.8. The van der Waals surface area contributed by atoms with E-state index in [0.29, 0.717) is 0 Å². The number of halogens is 1. The van der Waals surface area contributed by atoms with Crippen LogP contribution in [0.2, 0.25) is 0 Å². The predicted octanol–water partition coefficient (Wildman–Crippen LogP) is 8.01. The molecule has 0 radical (unpaired) electrons. The van der Waals surface area contributed by atoms with E-state index in [0.717, 1.165) is 39.3 Å². The summed E-state index contributed by atoms with van der Waals surface area (Å²) in [5.41, 5.74) is 13.9. The van der Waals surface area contributed by atoms with Gasteiger partial charge in [-0.3, -0.25) is 0 Å². The number of rotatable bonds is 28. The van der Waals surface area contributed by atoms with Gasteiger partial charge in [-0.25, -0.2) is 0 Å². The van der Waals surface area contributed by atoms with Gasteiger partial charge in [0.15, 0.2) is 0 Å². The van der Waals surface area contributed by atoms with Crippen LogP contribution in [0.3, 0.4) is 0 Å². The molecule has 0 unspecified atom stereocenters. The minimum atomic E-state index is 0. The van der Waals surface area contributed by atoms with E-state index < -0.39 is 0 Å². The zero-order chi connectivity index (χ0) is 25.8. The molecule has 0 spiro atoms. The van der Waals surface area contributed by atoms with E-state index >= 15 is 0 Å². The van der Waals surface area contributed by atoms with Gasteiger partial charge in [0.05, 0.1) is 0 Å². The van der Waals surface area contributed by atoms with Gasteiger partial charge < -0.3 is 22.1 Å². The van der Waals surface area contributed by atoms with Crippen molar-refractivity contribution in [2.45, 2.75) is 142 Å². The quantitative estimate of drug-likeness (QED) is 0.0814. The lowest BCUT2D eigenvalue weighted by molar-refractivity contribution is 0.540. The molecule has 218 valence electrons. The minimum Gasteiger partial charge on any atom is -0.330 e. The van der Waals surface area contributed by atoms with Crippen LogP contribution in [-0.4, -0.2) is 26.2 Å². The summed E-state index contributed by atoms with van der Waals surface area (Å²) in [4.78, 5) is 0. The highest BCUT2D eigenvalue weighted by Crippen LogP contribution is 2.12. The van der Waals surface area contributed by atoms with Crippen molar-refractivity contribution in [2.75, 3.05) is 26.2 Å². The minimum absolute atomic E-state index is 0. The summed E-state index contributed by atoms with van der Waals surface area (Å²) in [6.07, 6.45) is 27.1. The Hall–Kier alpha value is -0.650. The molecule has 1 aromatic rings. The smallest absolute Gasteiger partial charge is 0.0205 e. The maximum atomic E-state index is 5.54. The van der Waals surface area contributed by atoms with Crippen LogP contribution >= 0.6 is 12.4 Å². The summed E-state index contributed by atoms with van der Waals surface area (Å²) in [6, 6.07) is 9.08. The Morgan fingerprint density at radius 2 is 0.730 bits per heavy atom. The Balaban J connectivity index is 0.0000130. The molecule has 4 nitrogen and oxygen atoms in total. The van der Waals surface area contributed by atoms with Crippen molar-refractivity contribution >= 4 is 12.4 Å². The number of benzene rings is 1. The van der Waals surface area contributed by atoms with Crippen molar-refractivity contribution in [2.24, 2.45) is 11.5 Å². The topological polar surface area (TPSA) is 76.1 Å². The van der Waals surface area contributed by atoms with Crippen molar-refractivity contribution in [1.82, 2.24) is 10.6 Å². The van der Waals surface area contributed by atoms with E-state index in [1.165, 1.54) is 140 Å². The van der Waals surface area contributed by atoms with Gasteiger partial charge in [-0.2, -0.15) is 0 Å². The summed E-state index contributed by atoms with van der Waals surface area (Å²) < 4.78 is 0. The maximum Gasteiger partial charge on any atom is 0.0205 e. The normalized spacial score (nSPS) is 11.1. The Morgan fingerprint density at radius 3 is 1.05 bits per heavy atom. The van der Waals surface area contributed by atoms with E-state index in [-0.39, 0.29) is 12.4 Å². The SMILES string of the molecule is Cl.NCCCCCCCCCCCCNCc1cccc(CNCCCCCCCCCCCCN)c1. The molecule has 37 heavy (non-hydrogen) atoms. The third kappa shape index (κ3) is 25.4. The molecule has 0 aliphatic heterocycles. The largest absolute Gasteiger partial charge is 0.330 e. The van der Waals surface area contributed by atoms with Gasteiger partial charge in [-0.1, -0.05) is 127 Å². The Bertz CT molecular complexity index is 524. The second-order valence-corrected chi connectivity index (χ2v) is 10.8. The van der Waals surface area contributed by atoms with Crippen LogP contribution in [0.4, 0.5) is 0 Å². The Labute approximate surface area is 237 Å². The van der Waals surface area contributed by atoms with Crippen LogP contribution < -0.4 is 22.1 Å². The summed E-state index contributed by atoms with van der Waals surface area (Å²) in [7, 11) is 0. The first-order chi connectivity index (χ1) is 17.9. The number of nitrogens with two attached hydrogens (primary N) is 2. The molecule has 1 rings (SSSR count). The highest BCUT2D eigenvalue weighted by molar-refractivity contribution is 5.85. The van der Waals surface area contributed by atoms with Crippen LogP contribution in [0.25, 0.3) is 0 Å². The van der Waals surface area contributed by atoms with Crippen molar-refractivity contribution in [3.63, 3.8) is 0 Å². The second kappa shape index (κ2) is 29.9. The molecule has 0 atom stereocenters. The fourth-order valence-corrected chi connectivity index (χ4v) is 4.93. The van der Waals surface area contributed by atoms with E-state index in [2.05, 4.69) is 34.9 Å². The van der Waals surface area contributed by atoms with Crippen molar-refractivity contribution in [3.05, 3.63) is 35.4 Å². The highest BCUT2D eigenvalue weighted by Gasteiger charge is 1.98. The monoisotopic (exact) mass is 538 g/mol. The first kappa shape index (κ1) is 36.4. The van der Waals surface area contributed by atoms with Crippen molar-refractivity contribution < 1.29 is 0 Å². The number of unbranched alkanes of at least 4 members (excludes halogenated alkanes) is 18. The van der Waals surface area contributed by atoms with Gasteiger partial charge in [-0.05, 0) is 63.0 Å². The number of hydrogen-bond acceptors (Lipinski definition) is 4. The first-order valence-corrected chi connectivity index (χ1v) is 15.8. The molecule has 5 heteroatoms. The molecule has 0 aliphatic carbocycles. The third-order valence-corrected chi connectivity index (χ3v) is 7.26. The maximum absolute atomic E-state index is 5.54. The lowest BCUT2D eigenvalue weighted by Crippen LogP contribution is -2.16. The molecule has 0 fully saturated rings. The molecule has 1 aromatic carbocycles. The summed E-state index contributed by atoms with van der Waals surface area (Å²) >= 11 is 0. The van der Waals surface area contributed by atoms with Gasteiger partial charge in [-0.15, -0.1) is 12.4 Å². The standard InChI is InChI=1S/C32H62N4.ClH/c33-24-17-13-9-5-1-3-7-11-15-19-26-35-29-31-22-21-23-32(28-31)30-36-27-20-16-12-8-4-2-6-10-14-18-25-34;/h21-23,28,35-36H,1-20,24-27,29-30,33-34H2;1H. The van der Waals surface area contributed by atoms with Crippen LogP contribution in [0, 0.1) is 0 Å². The zero-order valence-corrected chi connectivity index (χ0v) is 25.1. The van der Waals surface area contributed by atoms with Crippen molar-refractivity contribution in [3.8, 4) is 0 Å². The molecule has 0 heterocycles. The Kier molecular flexibility index (Phi) is 29.4. The van der Waals surface area contributed by atoms with Gasteiger partial charge >= 0.3 is 0 Å². The Morgan fingerprint density at radius 1 is 0.432 bits per heavy atom. The molecular formula is C32H63ClN4. The van der Waals surface area contributed by atoms with E-state index in [1.54, 1.807) is 0 Å². The predicted molar refractivity (Wildman–Crippen MR) is 168 cm³/mol. The van der Waals surface area contributed by atoms with Gasteiger partial charge in [0.1, 0.15) is 0 Å². The molecule has 6 N–H and O–H groups in total. The molecular weight excluding hydrogens is 476 g/mol. The van der Waals surface area contributed by atoms with Crippen LogP contribution in [0.15, 0.2) is 24.3 Å². The van der Waals surface area contributed by atoms with Crippen LogP contribution in [0.1, 0.15) is 140 Å². The van der Waals surface area contributed by atoms with Gasteiger partial charge in [0.2, 0.25) is 0 Å². The van der Waals surface area contributed by atoms with Gasteiger partial charge in [0, 0.05) is 13.1 Å². The summed E-state index contributed by atoms with van der Waals surface area (Å²) in [5, 5.41) is 7.28. The first-order valence-electron chi connectivity index (χ1n) is 15.8. The lowest BCUT2D eigenvalue weighted by atomic mass is 10.1. The van der Waals surface area contributed by atoms with Crippen molar-refractivity contribution in [1.29, 1.82) is 0 Å². The van der Waals surface area contributed by atoms with E-state index in [4.69, 9.17) is 11.5 Å². The lowest BCUT2D eigenvalue weighted by Gasteiger charge is -2.09. The fraction of sp³-hybridized carbons (Fsp3) is 0.812. The molecule has 0 amide bonds. The molecule has 0 bridgehead atoms. The highest BCUT2D eigenvalue weighted by atomic mass is 35.5. The van der Waals surface area contributed by atoms with Gasteiger partial charge in [0.25, 0.3) is 0 Å². The third-order valence-electron chi connectivity index (χ3n) is 7.26. The number of hydrogen-bond donors (Lipinski definition) is 4. The average molecular weight is 539 g/mol. The summed E-state index contributed by atoms with van der Waals surface area (Å²) in [5.74, 6) is 0. The number of nitrogens with one attached hydrogen (secondary N) is 2. The van der Waals surface area contributed by atoms with E-state index in [9.17, 15) is 0 Å². The average Bonchev–Trinajstić information content (AvgIpc) is 2.90. The fourth-order valence-electron chi connectivity index (χ4n) is 4.93. The molecule has 0 aromatic heterocycles.